The summed E-state index contributed by atoms with van der Waals surface area (Å²) >= 11 is 0. The lowest BCUT2D eigenvalue weighted by Crippen LogP contribution is -2.41. The van der Waals surface area contributed by atoms with E-state index < -0.39 is 20.3 Å². The van der Waals surface area contributed by atoms with E-state index in [1.54, 1.807) is 6.92 Å². The first-order valence-electron chi connectivity index (χ1n) is 7.46. The van der Waals surface area contributed by atoms with Gasteiger partial charge in [0.25, 0.3) is 0 Å². The molecule has 2 rings (SSSR count). The Kier molecular flexibility index (Phi) is 5.07. The van der Waals surface area contributed by atoms with Gasteiger partial charge in [0.1, 0.15) is 0 Å². The van der Waals surface area contributed by atoms with Crippen LogP contribution in [0.15, 0.2) is 24.3 Å². The van der Waals surface area contributed by atoms with Crippen LogP contribution in [0.2, 0.25) is 0 Å². The molecule has 1 aromatic carbocycles. The average Bonchev–Trinajstić information content (AvgIpc) is 2.88. The summed E-state index contributed by atoms with van der Waals surface area (Å²) in [5.74, 6) is 0. The molecule has 1 aliphatic rings. The van der Waals surface area contributed by atoms with Crippen molar-refractivity contribution in [1.29, 1.82) is 0 Å². The number of sulfone groups is 1. The summed E-state index contributed by atoms with van der Waals surface area (Å²) in [6.45, 7) is 6.20. The average molecular weight is 311 g/mol. The van der Waals surface area contributed by atoms with Gasteiger partial charge in [0.15, 0.2) is 9.84 Å². The summed E-state index contributed by atoms with van der Waals surface area (Å²) < 4.78 is 31.2. The molecular weight excluding hydrogens is 286 g/mol. The lowest BCUT2D eigenvalue weighted by atomic mass is 10.0. The number of rotatable bonds is 5. The molecule has 4 nitrogen and oxygen atoms in total. The van der Waals surface area contributed by atoms with Crippen molar-refractivity contribution < 1.29 is 13.2 Å². The molecule has 0 aliphatic carbocycles. The van der Waals surface area contributed by atoms with Crippen LogP contribution in [0.3, 0.4) is 0 Å². The quantitative estimate of drug-likeness (QED) is 0.906. The van der Waals surface area contributed by atoms with Crippen molar-refractivity contribution in [2.45, 2.75) is 49.8 Å². The summed E-state index contributed by atoms with van der Waals surface area (Å²) in [6, 6.07) is 7.82. The molecule has 4 unspecified atom stereocenters. The van der Waals surface area contributed by atoms with Crippen molar-refractivity contribution in [2.75, 3.05) is 13.7 Å². The second-order valence-electron chi connectivity index (χ2n) is 5.87. The molecule has 1 saturated heterocycles. The summed E-state index contributed by atoms with van der Waals surface area (Å²) in [5, 5.41) is 2.28. The van der Waals surface area contributed by atoms with Crippen molar-refractivity contribution in [1.82, 2.24) is 5.32 Å². The van der Waals surface area contributed by atoms with E-state index in [0.29, 0.717) is 13.0 Å². The van der Waals surface area contributed by atoms with E-state index in [0.717, 1.165) is 5.56 Å². The minimum Gasteiger partial charge on any atom is -0.377 e. The van der Waals surface area contributed by atoms with Crippen LogP contribution in [0.4, 0.5) is 0 Å². The molecule has 1 heterocycles. The van der Waals surface area contributed by atoms with E-state index in [9.17, 15) is 8.42 Å². The predicted molar refractivity (Wildman–Crippen MR) is 85.2 cm³/mol. The topological polar surface area (TPSA) is 55.4 Å². The zero-order chi connectivity index (χ0) is 15.6. The van der Waals surface area contributed by atoms with Crippen LogP contribution in [0.5, 0.6) is 0 Å². The SMILES string of the molecule is CNC(c1ccc(C)cc1)C(C)S(=O)(=O)C1CCOC1C. The van der Waals surface area contributed by atoms with Crippen LogP contribution in [0.25, 0.3) is 0 Å². The standard InChI is InChI=1S/C16H25NO3S/c1-11-5-7-14(8-6-11)16(17-4)13(3)21(18,19)15-9-10-20-12(15)2/h5-8,12-13,15-17H,9-10H2,1-4H3. The van der Waals surface area contributed by atoms with Gasteiger partial charge in [0.05, 0.1) is 16.6 Å². The molecule has 1 N–H and O–H groups in total. The molecule has 1 fully saturated rings. The van der Waals surface area contributed by atoms with Gasteiger partial charge in [0, 0.05) is 12.6 Å². The highest BCUT2D eigenvalue weighted by atomic mass is 32.2. The van der Waals surface area contributed by atoms with Crippen molar-refractivity contribution >= 4 is 9.84 Å². The Bertz CT molecular complexity index is 568. The third-order valence-corrected chi connectivity index (χ3v) is 7.24. The molecule has 0 amide bonds. The number of hydrogen-bond donors (Lipinski definition) is 1. The van der Waals surface area contributed by atoms with Crippen LogP contribution >= 0.6 is 0 Å². The van der Waals surface area contributed by atoms with Crippen molar-refractivity contribution in [3.05, 3.63) is 35.4 Å². The maximum Gasteiger partial charge on any atom is 0.160 e. The van der Waals surface area contributed by atoms with Gasteiger partial charge in [-0.15, -0.1) is 0 Å². The summed E-state index contributed by atoms with van der Waals surface area (Å²) in [4.78, 5) is 0. The lowest BCUT2D eigenvalue weighted by molar-refractivity contribution is 0.126. The Morgan fingerprint density at radius 2 is 1.90 bits per heavy atom. The maximum atomic E-state index is 12.9. The van der Waals surface area contributed by atoms with Gasteiger partial charge in [0.2, 0.25) is 0 Å². The van der Waals surface area contributed by atoms with E-state index >= 15 is 0 Å². The van der Waals surface area contributed by atoms with E-state index in [-0.39, 0.29) is 12.1 Å². The van der Waals surface area contributed by atoms with Gasteiger partial charge in [-0.2, -0.15) is 0 Å². The number of ether oxygens (including phenoxy) is 1. The predicted octanol–water partition coefficient (Wildman–Crippen LogP) is 2.24. The molecule has 21 heavy (non-hydrogen) atoms. The molecule has 0 saturated carbocycles. The van der Waals surface area contributed by atoms with Crippen LogP contribution in [-0.2, 0) is 14.6 Å². The number of hydrogen-bond acceptors (Lipinski definition) is 4. The van der Waals surface area contributed by atoms with Gasteiger partial charge in [-0.1, -0.05) is 29.8 Å². The third-order valence-electron chi connectivity index (χ3n) is 4.46. The molecule has 1 aliphatic heterocycles. The molecule has 0 aromatic heterocycles. The molecule has 5 heteroatoms. The van der Waals surface area contributed by atoms with Crippen LogP contribution in [-0.4, -0.2) is 38.7 Å². The van der Waals surface area contributed by atoms with E-state index in [2.05, 4.69) is 5.32 Å². The highest BCUT2D eigenvalue weighted by Gasteiger charge is 2.41. The second-order valence-corrected chi connectivity index (χ2v) is 8.40. The molecular formula is C16H25NO3S. The molecule has 118 valence electrons. The van der Waals surface area contributed by atoms with Crippen molar-refractivity contribution in [2.24, 2.45) is 0 Å². The first-order valence-corrected chi connectivity index (χ1v) is 9.07. The molecule has 4 atom stereocenters. The minimum absolute atomic E-state index is 0.205. The van der Waals surface area contributed by atoms with Gasteiger partial charge in [-0.3, -0.25) is 0 Å². The Morgan fingerprint density at radius 3 is 2.38 bits per heavy atom. The first-order chi connectivity index (χ1) is 9.87. The first kappa shape index (κ1) is 16.5. The lowest BCUT2D eigenvalue weighted by Gasteiger charge is -2.27. The Hall–Kier alpha value is -0.910. The fourth-order valence-electron chi connectivity index (χ4n) is 3.06. The largest absolute Gasteiger partial charge is 0.377 e. The fraction of sp³-hybridized carbons (Fsp3) is 0.625. The van der Waals surface area contributed by atoms with Crippen molar-refractivity contribution in [3.63, 3.8) is 0 Å². The van der Waals surface area contributed by atoms with Gasteiger partial charge < -0.3 is 10.1 Å². The number of nitrogens with one attached hydrogen (secondary N) is 1. The minimum atomic E-state index is -3.24. The smallest absolute Gasteiger partial charge is 0.160 e. The zero-order valence-corrected chi connectivity index (χ0v) is 14.0. The maximum absolute atomic E-state index is 12.9. The van der Waals surface area contributed by atoms with Gasteiger partial charge in [-0.05, 0) is 39.8 Å². The molecule has 0 spiro atoms. The highest BCUT2D eigenvalue weighted by molar-refractivity contribution is 7.92. The Balaban J connectivity index is 2.27. The number of benzene rings is 1. The van der Waals surface area contributed by atoms with E-state index in [1.807, 2.05) is 45.2 Å². The zero-order valence-electron chi connectivity index (χ0n) is 13.2. The van der Waals surface area contributed by atoms with E-state index in [1.165, 1.54) is 5.56 Å². The van der Waals surface area contributed by atoms with Gasteiger partial charge in [-0.25, -0.2) is 8.42 Å². The number of aryl methyl sites for hydroxylation is 1. The summed E-state index contributed by atoms with van der Waals surface area (Å²) in [5.41, 5.74) is 2.17. The summed E-state index contributed by atoms with van der Waals surface area (Å²) in [6.07, 6.45) is 0.381. The van der Waals surface area contributed by atoms with Crippen molar-refractivity contribution in [3.8, 4) is 0 Å². The fourth-order valence-corrected chi connectivity index (χ4v) is 5.32. The summed E-state index contributed by atoms with van der Waals surface area (Å²) in [7, 11) is -1.43. The van der Waals surface area contributed by atoms with Gasteiger partial charge >= 0.3 is 0 Å². The highest BCUT2D eigenvalue weighted by Crippen LogP contribution is 2.30. The van der Waals surface area contributed by atoms with Crippen LogP contribution < -0.4 is 5.32 Å². The normalized spacial score (nSPS) is 25.7. The molecule has 0 radical (unpaired) electrons. The monoisotopic (exact) mass is 311 g/mol. The Labute approximate surface area is 127 Å². The molecule has 1 aromatic rings. The Morgan fingerprint density at radius 1 is 1.29 bits per heavy atom. The third kappa shape index (κ3) is 3.30. The van der Waals surface area contributed by atoms with Crippen LogP contribution in [0.1, 0.15) is 37.4 Å². The van der Waals surface area contributed by atoms with E-state index in [4.69, 9.17) is 4.74 Å². The second kappa shape index (κ2) is 6.46. The van der Waals surface area contributed by atoms with Crippen LogP contribution in [0, 0.1) is 6.92 Å². The molecule has 0 bridgehead atoms.